The summed E-state index contributed by atoms with van der Waals surface area (Å²) in [5, 5.41) is 7.12. The zero-order valence-electron chi connectivity index (χ0n) is 9.09. The molecular formula is C11H22N2O. The molecule has 0 aromatic heterocycles. The lowest BCUT2D eigenvalue weighted by atomic mass is 9.94. The van der Waals surface area contributed by atoms with E-state index in [1.165, 1.54) is 25.9 Å². The Morgan fingerprint density at radius 1 is 1.43 bits per heavy atom. The number of rotatable bonds is 3. The zero-order chi connectivity index (χ0) is 9.80. The van der Waals surface area contributed by atoms with Crippen molar-refractivity contribution in [1.29, 1.82) is 0 Å². The molecule has 2 rings (SSSR count). The van der Waals surface area contributed by atoms with E-state index in [4.69, 9.17) is 4.74 Å². The van der Waals surface area contributed by atoms with Crippen molar-refractivity contribution in [3.63, 3.8) is 0 Å². The van der Waals surface area contributed by atoms with E-state index >= 15 is 0 Å². The molecule has 82 valence electrons. The van der Waals surface area contributed by atoms with Gasteiger partial charge in [-0.3, -0.25) is 0 Å². The smallest absolute Gasteiger partial charge is 0.0507 e. The van der Waals surface area contributed by atoms with Gasteiger partial charge in [-0.2, -0.15) is 0 Å². The van der Waals surface area contributed by atoms with E-state index in [-0.39, 0.29) is 0 Å². The van der Waals surface area contributed by atoms with Crippen LogP contribution in [0.2, 0.25) is 0 Å². The second kappa shape index (κ2) is 5.10. The summed E-state index contributed by atoms with van der Waals surface area (Å²) in [7, 11) is 0. The van der Waals surface area contributed by atoms with Crippen LogP contribution in [0.1, 0.15) is 19.8 Å². The monoisotopic (exact) mass is 198 g/mol. The fourth-order valence-corrected chi connectivity index (χ4v) is 2.38. The summed E-state index contributed by atoms with van der Waals surface area (Å²) in [5.41, 5.74) is 0. The molecule has 0 aromatic rings. The van der Waals surface area contributed by atoms with Crippen LogP contribution < -0.4 is 10.6 Å². The molecule has 3 nitrogen and oxygen atoms in total. The highest BCUT2D eigenvalue weighted by Gasteiger charge is 2.22. The van der Waals surface area contributed by atoms with Crippen LogP contribution in [0, 0.1) is 11.8 Å². The minimum atomic E-state index is 0.719. The van der Waals surface area contributed by atoms with Crippen molar-refractivity contribution in [2.24, 2.45) is 11.8 Å². The molecule has 0 bridgehead atoms. The van der Waals surface area contributed by atoms with Gasteiger partial charge in [-0.15, -0.1) is 0 Å². The van der Waals surface area contributed by atoms with Gasteiger partial charge in [-0.25, -0.2) is 0 Å². The Labute approximate surface area is 86.6 Å². The van der Waals surface area contributed by atoms with Gasteiger partial charge < -0.3 is 15.4 Å². The third-order valence-corrected chi connectivity index (χ3v) is 3.48. The molecule has 2 fully saturated rings. The maximum Gasteiger partial charge on any atom is 0.0507 e. The molecule has 14 heavy (non-hydrogen) atoms. The SMILES string of the molecule is CC1CNCCC1NCC1CCOC1. The van der Waals surface area contributed by atoms with Crippen LogP contribution >= 0.6 is 0 Å². The van der Waals surface area contributed by atoms with Gasteiger partial charge in [0.05, 0.1) is 6.61 Å². The Kier molecular flexibility index (Phi) is 3.79. The summed E-state index contributed by atoms with van der Waals surface area (Å²) in [6.07, 6.45) is 2.51. The second-order valence-electron chi connectivity index (χ2n) is 4.71. The highest BCUT2D eigenvalue weighted by atomic mass is 16.5. The molecule has 2 aliphatic heterocycles. The van der Waals surface area contributed by atoms with E-state index in [2.05, 4.69) is 17.6 Å². The first-order valence-corrected chi connectivity index (χ1v) is 5.88. The van der Waals surface area contributed by atoms with Crippen molar-refractivity contribution in [3.8, 4) is 0 Å². The number of hydrogen-bond acceptors (Lipinski definition) is 3. The number of ether oxygens (including phenoxy) is 1. The molecule has 0 aliphatic carbocycles. The maximum absolute atomic E-state index is 5.37. The summed E-state index contributed by atoms with van der Waals surface area (Å²) < 4.78 is 5.37. The Hall–Kier alpha value is -0.120. The van der Waals surface area contributed by atoms with Crippen LogP contribution in [0.5, 0.6) is 0 Å². The van der Waals surface area contributed by atoms with E-state index < -0.39 is 0 Å². The summed E-state index contributed by atoms with van der Waals surface area (Å²) in [6.45, 7) is 7.74. The average Bonchev–Trinajstić information content (AvgIpc) is 2.69. The number of nitrogens with one attached hydrogen (secondary N) is 2. The van der Waals surface area contributed by atoms with Crippen LogP contribution in [0.3, 0.4) is 0 Å². The van der Waals surface area contributed by atoms with Crippen LogP contribution in [-0.4, -0.2) is 38.9 Å². The van der Waals surface area contributed by atoms with E-state index in [1.54, 1.807) is 0 Å². The molecule has 3 heteroatoms. The predicted molar refractivity (Wildman–Crippen MR) is 57.4 cm³/mol. The normalized spacial score (nSPS) is 38.8. The van der Waals surface area contributed by atoms with E-state index in [0.717, 1.165) is 37.6 Å². The van der Waals surface area contributed by atoms with Gasteiger partial charge in [0, 0.05) is 19.2 Å². The molecule has 2 N–H and O–H groups in total. The molecule has 0 radical (unpaired) electrons. The van der Waals surface area contributed by atoms with Crippen molar-refractivity contribution >= 4 is 0 Å². The van der Waals surface area contributed by atoms with Gasteiger partial charge in [-0.1, -0.05) is 6.92 Å². The molecule has 0 aromatic carbocycles. The Bertz CT molecular complexity index is 169. The number of piperidine rings is 1. The zero-order valence-corrected chi connectivity index (χ0v) is 9.09. The van der Waals surface area contributed by atoms with Crippen molar-refractivity contribution in [2.45, 2.75) is 25.8 Å². The van der Waals surface area contributed by atoms with Crippen molar-refractivity contribution < 1.29 is 4.74 Å². The van der Waals surface area contributed by atoms with Crippen LogP contribution in [0.15, 0.2) is 0 Å². The van der Waals surface area contributed by atoms with Crippen LogP contribution in [0.4, 0.5) is 0 Å². The Morgan fingerprint density at radius 3 is 3.07 bits per heavy atom. The first-order valence-electron chi connectivity index (χ1n) is 5.88. The molecular weight excluding hydrogens is 176 g/mol. The standard InChI is InChI=1S/C11H22N2O/c1-9-6-12-4-2-11(9)13-7-10-3-5-14-8-10/h9-13H,2-8H2,1H3. The van der Waals surface area contributed by atoms with Crippen molar-refractivity contribution in [2.75, 3.05) is 32.8 Å². The molecule has 3 unspecified atom stereocenters. The molecule has 2 saturated heterocycles. The lowest BCUT2D eigenvalue weighted by Crippen LogP contribution is -2.47. The quantitative estimate of drug-likeness (QED) is 0.697. The lowest BCUT2D eigenvalue weighted by molar-refractivity contribution is 0.182. The summed E-state index contributed by atoms with van der Waals surface area (Å²) in [5.74, 6) is 1.53. The van der Waals surface area contributed by atoms with E-state index in [9.17, 15) is 0 Å². The minimum absolute atomic E-state index is 0.719. The lowest BCUT2D eigenvalue weighted by Gasteiger charge is -2.31. The molecule has 0 amide bonds. The first kappa shape index (κ1) is 10.4. The van der Waals surface area contributed by atoms with Gasteiger partial charge in [0.25, 0.3) is 0 Å². The predicted octanol–water partition coefficient (Wildman–Crippen LogP) is 0.610. The van der Waals surface area contributed by atoms with E-state index in [1.807, 2.05) is 0 Å². The fraction of sp³-hybridized carbons (Fsp3) is 1.00. The summed E-state index contributed by atoms with van der Waals surface area (Å²) >= 11 is 0. The van der Waals surface area contributed by atoms with Gasteiger partial charge in [-0.05, 0) is 37.8 Å². The molecule has 0 saturated carbocycles. The first-order chi connectivity index (χ1) is 6.86. The summed E-state index contributed by atoms with van der Waals surface area (Å²) in [6, 6.07) is 0.719. The van der Waals surface area contributed by atoms with Crippen LogP contribution in [-0.2, 0) is 4.74 Å². The molecule has 2 heterocycles. The van der Waals surface area contributed by atoms with Gasteiger partial charge in [0.1, 0.15) is 0 Å². The highest BCUT2D eigenvalue weighted by molar-refractivity contribution is 4.81. The largest absolute Gasteiger partial charge is 0.381 e. The summed E-state index contributed by atoms with van der Waals surface area (Å²) in [4.78, 5) is 0. The second-order valence-corrected chi connectivity index (χ2v) is 4.71. The molecule has 2 aliphatic rings. The van der Waals surface area contributed by atoms with Crippen molar-refractivity contribution in [3.05, 3.63) is 0 Å². The average molecular weight is 198 g/mol. The molecule has 3 atom stereocenters. The molecule has 0 spiro atoms. The van der Waals surface area contributed by atoms with Gasteiger partial charge in [0.2, 0.25) is 0 Å². The minimum Gasteiger partial charge on any atom is -0.381 e. The highest BCUT2D eigenvalue weighted by Crippen LogP contribution is 2.14. The van der Waals surface area contributed by atoms with Gasteiger partial charge >= 0.3 is 0 Å². The topological polar surface area (TPSA) is 33.3 Å². The van der Waals surface area contributed by atoms with E-state index in [0.29, 0.717) is 0 Å². The van der Waals surface area contributed by atoms with Crippen molar-refractivity contribution in [1.82, 2.24) is 10.6 Å². The Balaban J connectivity index is 1.67. The third-order valence-electron chi connectivity index (χ3n) is 3.48. The maximum atomic E-state index is 5.37. The Morgan fingerprint density at radius 2 is 2.36 bits per heavy atom. The number of hydrogen-bond donors (Lipinski definition) is 2. The van der Waals surface area contributed by atoms with Crippen LogP contribution in [0.25, 0.3) is 0 Å². The third kappa shape index (κ3) is 2.69. The fourth-order valence-electron chi connectivity index (χ4n) is 2.38. The van der Waals surface area contributed by atoms with Gasteiger partial charge in [0.15, 0.2) is 0 Å².